The van der Waals surface area contributed by atoms with Crippen LogP contribution < -0.4 is 11.1 Å². The molecule has 0 fully saturated rings. The molecule has 0 aliphatic heterocycles. The summed E-state index contributed by atoms with van der Waals surface area (Å²) >= 11 is 0. The molecule has 22 heavy (non-hydrogen) atoms. The number of hydrogen-bond acceptors (Lipinski definition) is 4. The van der Waals surface area contributed by atoms with Gasteiger partial charge in [-0.15, -0.1) is 0 Å². The first-order valence-electron chi connectivity index (χ1n) is 6.78. The highest BCUT2D eigenvalue weighted by atomic mass is 16.1. The van der Waals surface area contributed by atoms with Crippen LogP contribution in [0.4, 0.5) is 0 Å². The van der Waals surface area contributed by atoms with Gasteiger partial charge in [0.2, 0.25) is 0 Å². The zero-order valence-electron chi connectivity index (χ0n) is 12.0. The fourth-order valence-corrected chi connectivity index (χ4v) is 2.15. The molecule has 0 bridgehead atoms. The predicted octanol–water partition coefficient (Wildman–Crippen LogP) is 1.15. The fraction of sp³-hybridized carbons (Fsp3) is 0.125. The summed E-state index contributed by atoms with van der Waals surface area (Å²) in [5.41, 5.74) is 2.09. The summed E-state index contributed by atoms with van der Waals surface area (Å²) in [6, 6.07) is 8.85. The van der Waals surface area contributed by atoms with Crippen LogP contribution in [-0.4, -0.2) is 19.1 Å². The molecule has 0 saturated heterocycles. The van der Waals surface area contributed by atoms with E-state index in [1.807, 2.05) is 24.3 Å². The van der Waals surface area contributed by atoms with Gasteiger partial charge in [0, 0.05) is 24.0 Å². The molecule has 3 aromatic rings. The molecule has 0 spiro atoms. The lowest BCUT2D eigenvalue weighted by Gasteiger charge is -2.08. The second-order valence-electron chi connectivity index (χ2n) is 4.96. The minimum Gasteiger partial charge on any atom is -0.295 e. The summed E-state index contributed by atoms with van der Waals surface area (Å²) in [7, 11) is 0. The van der Waals surface area contributed by atoms with E-state index in [1.54, 1.807) is 13.1 Å². The molecule has 0 aliphatic carbocycles. The normalized spacial score (nSPS) is 10.6. The number of benzene rings is 1. The fourth-order valence-electron chi connectivity index (χ4n) is 2.15. The largest absolute Gasteiger partial charge is 0.295 e. The lowest BCUT2D eigenvalue weighted by atomic mass is 10.2. The number of hydrogen-bond donors (Lipinski definition) is 0. The van der Waals surface area contributed by atoms with Gasteiger partial charge in [-0.2, -0.15) is 0 Å². The predicted molar refractivity (Wildman–Crippen MR) is 82.2 cm³/mol. The average Bonchev–Trinajstić information content (AvgIpc) is 2.53. The molecule has 3 rings (SSSR count). The quantitative estimate of drug-likeness (QED) is 0.726. The lowest BCUT2D eigenvalue weighted by molar-refractivity contribution is 0.735. The van der Waals surface area contributed by atoms with Crippen molar-refractivity contribution in [1.29, 1.82) is 0 Å². The third-order valence-electron chi connectivity index (χ3n) is 3.37. The SMILES string of the molecule is Cc1cncn(-c2ccc(Cn3cnccc3=O)cc2)c1=O. The van der Waals surface area contributed by atoms with Gasteiger partial charge < -0.3 is 0 Å². The maximum Gasteiger partial charge on any atom is 0.260 e. The Kier molecular flexibility index (Phi) is 3.65. The van der Waals surface area contributed by atoms with Gasteiger partial charge in [0.25, 0.3) is 11.1 Å². The number of aromatic nitrogens is 4. The Morgan fingerprint density at radius 2 is 1.77 bits per heavy atom. The van der Waals surface area contributed by atoms with Crippen LogP contribution in [0.3, 0.4) is 0 Å². The molecule has 6 heteroatoms. The molecule has 0 radical (unpaired) electrons. The van der Waals surface area contributed by atoms with E-state index in [-0.39, 0.29) is 11.1 Å². The third kappa shape index (κ3) is 2.71. The standard InChI is InChI=1S/C16H14N4O2/c1-12-8-18-11-20(16(12)22)14-4-2-13(3-5-14)9-19-10-17-7-6-15(19)21/h2-8,10-11H,9H2,1H3. The van der Waals surface area contributed by atoms with Gasteiger partial charge in [-0.25, -0.2) is 9.97 Å². The van der Waals surface area contributed by atoms with Crippen LogP contribution >= 0.6 is 0 Å². The highest BCUT2D eigenvalue weighted by molar-refractivity contribution is 5.35. The first-order valence-corrected chi connectivity index (χ1v) is 6.78. The van der Waals surface area contributed by atoms with E-state index < -0.39 is 0 Å². The van der Waals surface area contributed by atoms with Crippen LogP contribution in [0.1, 0.15) is 11.1 Å². The Hall–Kier alpha value is -3.02. The van der Waals surface area contributed by atoms with Crippen LogP contribution in [0.15, 0.2) is 65.0 Å². The molecule has 1 aromatic carbocycles. The molecule has 110 valence electrons. The third-order valence-corrected chi connectivity index (χ3v) is 3.37. The molecule has 0 amide bonds. The van der Waals surface area contributed by atoms with E-state index in [0.29, 0.717) is 12.1 Å². The first-order chi connectivity index (χ1) is 10.6. The van der Waals surface area contributed by atoms with Crippen LogP contribution in [0.25, 0.3) is 5.69 Å². The summed E-state index contributed by atoms with van der Waals surface area (Å²) in [6.07, 6.45) is 6.02. The zero-order chi connectivity index (χ0) is 15.5. The molecular formula is C16H14N4O2. The summed E-state index contributed by atoms with van der Waals surface area (Å²) in [4.78, 5) is 31.7. The maximum atomic E-state index is 12.1. The van der Waals surface area contributed by atoms with Gasteiger partial charge in [0.05, 0.1) is 18.6 Å². The van der Waals surface area contributed by atoms with E-state index in [2.05, 4.69) is 9.97 Å². The lowest BCUT2D eigenvalue weighted by Crippen LogP contribution is -2.21. The maximum absolute atomic E-state index is 12.1. The van der Waals surface area contributed by atoms with Crippen LogP contribution in [-0.2, 0) is 6.54 Å². The van der Waals surface area contributed by atoms with Crippen LogP contribution in [0, 0.1) is 6.92 Å². The average molecular weight is 294 g/mol. The second-order valence-corrected chi connectivity index (χ2v) is 4.96. The molecule has 0 aliphatic rings. The van der Waals surface area contributed by atoms with E-state index in [0.717, 1.165) is 11.3 Å². The second kappa shape index (κ2) is 5.77. The number of rotatable bonds is 3. The first kappa shape index (κ1) is 13.9. The van der Waals surface area contributed by atoms with E-state index in [1.165, 1.54) is 34.1 Å². The van der Waals surface area contributed by atoms with Crippen molar-refractivity contribution in [2.24, 2.45) is 0 Å². The van der Waals surface area contributed by atoms with Crippen molar-refractivity contribution >= 4 is 0 Å². The van der Waals surface area contributed by atoms with Crippen LogP contribution in [0.2, 0.25) is 0 Å². The van der Waals surface area contributed by atoms with Crippen molar-refractivity contribution in [1.82, 2.24) is 19.1 Å². The molecule has 2 heterocycles. The van der Waals surface area contributed by atoms with E-state index in [4.69, 9.17) is 0 Å². The Bertz CT molecular complexity index is 910. The summed E-state index contributed by atoms with van der Waals surface area (Å²) in [6.45, 7) is 2.17. The Balaban J connectivity index is 1.90. The van der Waals surface area contributed by atoms with Gasteiger partial charge in [-0.3, -0.25) is 18.7 Å². The molecular weight excluding hydrogens is 280 g/mol. The number of nitrogens with zero attached hydrogens (tertiary/aromatic N) is 4. The summed E-state index contributed by atoms with van der Waals surface area (Å²) in [5.74, 6) is 0. The smallest absolute Gasteiger partial charge is 0.260 e. The molecule has 6 nitrogen and oxygen atoms in total. The van der Waals surface area contributed by atoms with Crippen molar-refractivity contribution in [2.75, 3.05) is 0 Å². The minimum absolute atomic E-state index is 0.0915. The van der Waals surface area contributed by atoms with Crippen molar-refractivity contribution < 1.29 is 0 Å². The van der Waals surface area contributed by atoms with Crippen molar-refractivity contribution in [3.8, 4) is 5.69 Å². The zero-order valence-corrected chi connectivity index (χ0v) is 12.0. The highest BCUT2D eigenvalue weighted by Crippen LogP contribution is 2.08. The van der Waals surface area contributed by atoms with E-state index >= 15 is 0 Å². The van der Waals surface area contributed by atoms with Gasteiger partial charge in [0.15, 0.2) is 0 Å². The van der Waals surface area contributed by atoms with Gasteiger partial charge >= 0.3 is 0 Å². The van der Waals surface area contributed by atoms with Crippen molar-refractivity contribution in [3.63, 3.8) is 0 Å². The van der Waals surface area contributed by atoms with Crippen molar-refractivity contribution in [3.05, 3.63) is 87.2 Å². The van der Waals surface area contributed by atoms with Gasteiger partial charge in [0.1, 0.15) is 6.33 Å². The molecule has 2 aromatic heterocycles. The molecule has 0 atom stereocenters. The molecule has 0 unspecified atom stereocenters. The van der Waals surface area contributed by atoms with E-state index in [9.17, 15) is 9.59 Å². The summed E-state index contributed by atoms with van der Waals surface area (Å²) < 4.78 is 3.02. The highest BCUT2D eigenvalue weighted by Gasteiger charge is 2.03. The Morgan fingerprint density at radius 3 is 2.50 bits per heavy atom. The summed E-state index contributed by atoms with van der Waals surface area (Å²) in [5, 5.41) is 0. The van der Waals surface area contributed by atoms with Crippen molar-refractivity contribution in [2.45, 2.75) is 13.5 Å². The monoisotopic (exact) mass is 294 g/mol. The minimum atomic E-state index is -0.0989. The Labute approximate surface area is 126 Å². The van der Waals surface area contributed by atoms with Gasteiger partial charge in [-0.1, -0.05) is 12.1 Å². The number of aryl methyl sites for hydroxylation is 1. The molecule has 0 saturated carbocycles. The van der Waals surface area contributed by atoms with Gasteiger partial charge in [-0.05, 0) is 24.6 Å². The molecule has 0 N–H and O–H groups in total. The Morgan fingerprint density at radius 1 is 1.00 bits per heavy atom. The van der Waals surface area contributed by atoms with Crippen LogP contribution in [0.5, 0.6) is 0 Å². The topological polar surface area (TPSA) is 69.8 Å².